The van der Waals surface area contributed by atoms with Gasteiger partial charge in [0.25, 0.3) is 5.56 Å². The number of anilines is 1. The number of benzene rings is 2. The van der Waals surface area contributed by atoms with Crippen molar-refractivity contribution < 1.29 is 28.2 Å². The van der Waals surface area contributed by atoms with Crippen molar-refractivity contribution in [3.63, 3.8) is 0 Å². The minimum atomic E-state index is -4.85. The maximum Gasteiger partial charge on any atom is 0.413 e. The number of hydrogen-bond acceptors (Lipinski definition) is 4. The van der Waals surface area contributed by atoms with Crippen molar-refractivity contribution in [2.24, 2.45) is 5.92 Å². The second kappa shape index (κ2) is 9.99. The summed E-state index contributed by atoms with van der Waals surface area (Å²) in [4.78, 5) is 24.7. The first kappa shape index (κ1) is 26.4. The number of alkyl halides is 3. The Morgan fingerprint density at radius 2 is 1.86 bits per heavy atom. The Morgan fingerprint density at radius 1 is 1.14 bits per heavy atom. The van der Waals surface area contributed by atoms with Gasteiger partial charge in [0.2, 0.25) is 0 Å². The van der Waals surface area contributed by atoms with E-state index in [1.165, 1.54) is 19.1 Å². The average Bonchev–Trinajstić information content (AvgIpc) is 3.13. The Hall–Kier alpha value is -3.69. The molecule has 0 radical (unpaired) electrons. The molecule has 3 atom stereocenters. The van der Waals surface area contributed by atoms with E-state index in [0.717, 1.165) is 15.8 Å². The summed E-state index contributed by atoms with van der Waals surface area (Å²) < 4.78 is 44.1. The maximum atomic E-state index is 14.3. The smallest absolute Gasteiger partial charge is 0.413 e. The number of hydrogen-bond donors (Lipinski definition) is 4. The number of aromatic hydroxyl groups is 1. The van der Waals surface area contributed by atoms with Gasteiger partial charge in [-0.2, -0.15) is 13.2 Å². The summed E-state index contributed by atoms with van der Waals surface area (Å²) in [5.41, 5.74) is 1.22. The Kier molecular flexibility index (Phi) is 7.12. The third-order valence-electron chi connectivity index (χ3n) is 7.31. The SMILES string of the molecule is Cc1ccc(-n2[nH]c(C)c(C(Nc3cccc(C4CCCC(C(=O)O)C4)c3O)C(F)(F)F)c2=O)cc1C. The highest BCUT2D eigenvalue weighted by molar-refractivity contribution is 5.70. The summed E-state index contributed by atoms with van der Waals surface area (Å²) in [6, 6.07) is 7.22. The molecule has 4 N–H and O–H groups in total. The summed E-state index contributed by atoms with van der Waals surface area (Å²) in [6.07, 6.45) is -2.76. The molecule has 1 aromatic heterocycles. The van der Waals surface area contributed by atoms with Gasteiger partial charge in [0.1, 0.15) is 5.75 Å². The highest BCUT2D eigenvalue weighted by Crippen LogP contribution is 2.44. The predicted octanol–water partition coefficient (Wildman–Crippen LogP) is 5.87. The number of carbonyl (C=O) groups is 1. The molecule has 10 heteroatoms. The molecule has 1 aliphatic rings. The fraction of sp³-hybridized carbons (Fsp3) is 0.407. The van der Waals surface area contributed by atoms with Gasteiger partial charge in [-0.25, -0.2) is 4.68 Å². The molecule has 0 bridgehead atoms. The molecule has 0 aliphatic heterocycles. The number of carboxylic acid groups (broad SMARTS) is 1. The minimum absolute atomic E-state index is 0.0466. The van der Waals surface area contributed by atoms with Crippen molar-refractivity contribution in [1.29, 1.82) is 0 Å². The topological polar surface area (TPSA) is 107 Å². The van der Waals surface area contributed by atoms with E-state index in [0.29, 0.717) is 36.9 Å². The van der Waals surface area contributed by atoms with Crippen molar-refractivity contribution >= 4 is 11.7 Å². The molecule has 1 fully saturated rings. The molecular formula is C27H30F3N3O4. The number of nitrogens with one attached hydrogen (secondary N) is 2. The van der Waals surface area contributed by atoms with Crippen LogP contribution in [0.25, 0.3) is 5.69 Å². The third kappa shape index (κ3) is 5.23. The number of aliphatic carboxylic acids is 1. The fourth-order valence-corrected chi connectivity index (χ4v) is 5.12. The van der Waals surface area contributed by atoms with E-state index >= 15 is 0 Å². The Balaban J connectivity index is 1.72. The van der Waals surface area contributed by atoms with Gasteiger partial charge in [0.05, 0.1) is 22.9 Å². The molecule has 198 valence electrons. The number of rotatable bonds is 6. The molecule has 0 spiro atoms. The molecule has 1 saturated carbocycles. The van der Waals surface area contributed by atoms with Gasteiger partial charge < -0.3 is 15.5 Å². The quantitative estimate of drug-likeness (QED) is 0.306. The van der Waals surface area contributed by atoms with Crippen molar-refractivity contribution in [2.45, 2.75) is 64.6 Å². The first-order valence-electron chi connectivity index (χ1n) is 12.2. The van der Waals surface area contributed by atoms with E-state index in [-0.39, 0.29) is 23.0 Å². The van der Waals surface area contributed by atoms with Crippen LogP contribution in [-0.4, -0.2) is 32.1 Å². The van der Waals surface area contributed by atoms with Crippen LogP contribution in [0.3, 0.4) is 0 Å². The van der Waals surface area contributed by atoms with Gasteiger partial charge in [-0.1, -0.05) is 24.6 Å². The zero-order chi connectivity index (χ0) is 27.1. The van der Waals surface area contributed by atoms with Gasteiger partial charge in [-0.3, -0.25) is 14.7 Å². The monoisotopic (exact) mass is 517 g/mol. The molecule has 0 saturated heterocycles. The molecule has 4 rings (SSSR count). The van der Waals surface area contributed by atoms with E-state index in [2.05, 4.69) is 10.4 Å². The highest BCUT2D eigenvalue weighted by atomic mass is 19.4. The van der Waals surface area contributed by atoms with E-state index < -0.39 is 35.2 Å². The lowest BCUT2D eigenvalue weighted by Gasteiger charge is -2.28. The van der Waals surface area contributed by atoms with Gasteiger partial charge in [0, 0.05) is 5.69 Å². The van der Waals surface area contributed by atoms with Crippen LogP contribution in [-0.2, 0) is 4.79 Å². The number of aromatic nitrogens is 2. The van der Waals surface area contributed by atoms with Crippen LogP contribution in [0.2, 0.25) is 0 Å². The number of carboxylic acids is 1. The fourth-order valence-electron chi connectivity index (χ4n) is 5.12. The van der Waals surface area contributed by atoms with Crippen LogP contribution >= 0.6 is 0 Å². The Bertz CT molecular complexity index is 1380. The normalized spacial score (nSPS) is 19.0. The number of nitrogens with zero attached hydrogens (tertiary/aromatic N) is 1. The zero-order valence-corrected chi connectivity index (χ0v) is 20.8. The van der Waals surface area contributed by atoms with E-state index in [4.69, 9.17) is 0 Å². The minimum Gasteiger partial charge on any atom is -0.505 e. The molecule has 0 amide bonds. The van der Waals surface area contributed by atoms with Crippen molar-refractivity contribution in [1.82, 2.24) is 9.78 Å². The molecule has 1 aliphatic carbocycles. The van der Waals surface area contributed by atoms with Crippen LogP contribution in [0.4, 0.5) is 18.9 Å². The molecular weight excluding hydrogens is 487 g/mol. The van der Waals surface area contributed by atoms with Crippen molar-refractivity contribution in [3.05, 3.63) is 74.7 Å². The van der Waals surface area contributed by atoms with Gasteiger partial charge >= 0.3 is 12.1 Å². The van der Waals surface area contributed by atoms with Crippen molar-refractivity contribution in [2.75, 3.05) is 5.32 Å². The van der Waals surface area contributed by atoms with Gasteiger partial charge in [-0.15, -0.1) is 0 Å². The van der Waals surface area contributed by atoms with E-state index in [1.807, 2.05) is 13.8 Å². The zero-order valence-electron chi connectivity index (χ0n) is 20.8. The van der Waals surface area contributed by atoms with Crippen LogP contribution in [0.15, 0.2) is 41.2 Å². The van der Waals surface area contributed by atoms with E-state index in [1.54, 1.807) is 24.3 Å². The predicted molar refractivity (Wildman–Crippen MR) is 133 cm³/mol. The second-order valence-corrected chi connectivity index (χ2v) is 9.82. The standard InChI is InChI=1S/C27H30F3N3O4/c1-14-10-11-19(12-15(14)2)33-25(35)22(16(3)32-33)24(27(28,29)30)31-21-9-5-8-20(23(21)34)17-6-4-7-18(13-17)26(36)37/h5,8-12,17-18,24,31-32,34H,4,6-7,13H2,1-3H3,(H,36,37). The first-order valence-corrected chi connectivity index (χ1v) is 12.2. The number of phenolic OH excluding ortho intramolecular Hbond substituents is 1. The van der Waals surface area contributed by atoms with Gasteiger partial charge in [0.15, 0.2) is 6.04 Å². The second-order valence-electron chi connectivity index (χ2n) is 9.82. The van der Waals surface area contributed by atoms with Gasteiger partial charge in [-0.05, 0) is 80.8 Å². The number of H-pyrrole nitrogens is 1. The molecule has 3 unspecified atom stereocenters. The van der Waals surface area contributed by atoms with Crippen LogP contribution in [0, 0.1) is 26.7 Å². The van der Waals surface area contributed by atoms with E-state index in [9.17, 15) is 33.0 Å². The number of para-hydroxylation sites is 1. The third-order valence-corrected chi connectivity index (χ3v) is 7.31. The summed E-state index contributed by atoms with van der Waals surface area (Å²) in [7, 11) is 0. The summed E-state index contributed by atoms with van der Waals surface area (Å²) in [5.74, 6) is -2.14. The summed E-state index contributed by atoms with van der Waals surface area (Å²) in [5, 5.41) is 25.4. The van der Waals surface area contributed by atoms with Crippen LogP contribution in [0.5, 0.6) is 5.75 Å². The molecule has 3 aromatic rings. The lowest BCUT2D eigenvalue weighted by Crippen LogP contribution is -2.33. The number of aryl methyl sites for hydroxylation is 3. The Morgan fingerprint density at radius 3 is 2.51 bits per heavy atom. The molecule has 2 aromatic carbocycles. The Labute approximate surface area is 211 Å². The summed E-state index contributed by atoms with van der Waals surface area (Å²) >= 11 is 0. The van der Waals surface area contributed by atoms with Crippen LogP contribution < -0.4 is 10.9 Å². The summed E-state index contributed by atoms with van der Waals surface area (Å²) in [6.45, 7) is 5.15. The molecule has 7 nitrogen and oxygen atoms in total. The number of aromatic amines is 1. The number of phenols is 1. The maximum absolute atomic E-state index is 14.3. The highest BCUT2D eigenvalue weighted by Gasteiger charge is 2.45. The molecule has 37 heavy (non-hydrogen) atoms. The lowest BCUT2D eigenvalue weighted by atomic mass is 9.77. The number of halogens is 3. The average molecular weight is 518 g/mol. The largest absolute Gasteiger partial charge is 0.505 e. The lowest BCUT2D eigenvalue weighted by molar-refractivity contribution is -0.144. The van der Waals surface area contributed by atoms with Crippen molar-refractivity contribution in [3.8, 4) is 11.4 Å². The first-order chi connectivity index (χ1) is 17.4. The molecule has 1 heterocycles. The van der Waals surface area contributed by atoms with Crippen LogP contribution in [0.1, 0.15) is 65.6 Å².